The van der Waals surface area contributed by atoms with Crippen molar-refractivity contribution in [2.45, 2.75) is 13.0 Å². The minimum absolute atomic E-state index is 0.164. The van der Waals surface area contributed by atoms with Gasteiger partial charge in [-0.15, -0.1) is 0 Å². The molecule has 4 heterocycles. The van der Waals surface area contributed by atoms with Gasteiger partial charge in [0.25, 0.3) is 5.91 Å². The fourth-order valence-corrected chi connectivity index (χ4v) is 4.17. The van der Waals surface area contributed by atoms with Gasteiger partial charge in [-0.3, -0.25) is 9.78 Å². The van der Waals surface area contributed by atoms with Crippen LogP contribution in [-0.2, 0) is 13.0 Å². The van der Waals surface area contributed by atoms with Crippen LogP contribution in [0.25, 0.3) is 11.3 Å². The fourth-order valence-electron chi connectivity index (χ4n) is 3.92. The highest BCUT2D eigenvalue weighted by atomic mass is 35.5. The van der Waals surface area contributed by atoms with Gasteiger partial charge in [0.2, 0.25) is 0 Å². The molecular formula is C24H21ClN6O3. The first-order valence-corrected chi connectivity index (χ1v) is 11.0. The van der Waals surface area contributed by atoms with Crippen molar-refractivity contribution in [1.82, 2.24) is 25.5 Å². The maximum absolute atomic E-state index is 12.9. The molecule has 3 aromatic heterocycles. The van der Waals surface area contributed by atoms with Crippen molar-refractivity contribution in [1.29, 1.82) is 0 Å². The molecule has 0 bridgehead atoms. The van der Waals surface area contributed by atoms with Crippen LogP contribution in [0.2, 0.25) is 5.02 Å². The fraction of sp³-hybridized carbons (Fsp3) is 0.167. The summed E-state index contributed by atoms with van der Waals surface area (Å²) in [6, 6.07) is 10.9. The molecule has 1 amide bonds. The number of nitrogens with one attached hydrogen (secondary N) is 3. The smallest absolute Gasteiger partial charge is 0.255 e. The number of hydrogen-bond donors (Lipinski definition) is 3. The van der Waals surface area contributed by atoms with Crippen molar-refractivity contribution >= 4 is 28.9 Å². The normalized spacial score (nSPS) is 12.6. The molecule has 5 rings (SSSR count). The third-order valence-electron chi connectivity index (χ3n) is 5.45. The number of benzene rings is 1. The second-order valence-corrected chi connectivity index (χ2v) is 7.96. The van der Waals surface area contributed by atoms with E-state index in [0.717, 1.165) is 11.3 Å². The monoisotopic (exact) mass is 476 g/mol. The van der Waals surface area contributed by atoms with Crippen LogP contribution in [0.4, 0.5) is 11.4 Å². The van der Waals surface area contributed by atoms with E-state index in [9.17, 15) is 4.79 Å². The highest BCUT2D eigenvalue weighted by Gasteiger charge is 2.28. The molecule has 1 aromatic carbocycles. The summed E-state index contributed by atoms with van der Waals surface area (Å²) in [7, 11) is 1.55. The first-order chi connectivity index (χ1) is 16.7. The lowest BCUT2D eigenvalue weighted by Gasteiger charge is -2.17. The number of anilines is 2. The molecule has 3 N–H and O–H groups in total. The second-order valence-electron chi connectivity index (χ2n) is 7.56. The number of carbonyl (C=O) groups excluding carboxylic acids is 1. The number of ether oxygens (including phenoxy) is 2. The number of rotatable bonds is 7. The summed E-state index contributed by atoms with van der Waals surface area (Å²) in [6.07, 6.45) is 5.59. The Labute approximate surface area is 200 Å². The van der Waals surface area contributed by atoms with Crippen LogP contribution in [-0.4, -0.2) is 39.7 Å². The lowest BCUT2D eigenvalue weighted by molar-refractivity contribution is 0.0947. The van der Waals surface area contributed by atoms with Crippen molar-refractivity contribution < 1.29 is 14.3 Å². The first-order valence-electron chi connectivity index (χ1n) is 10.6. The van der Waals surface area contributed by atoms with Gasteiger partial charge in [0.15, 0.2) is 5.75 Å². The lowest BCUT2D eigenvalue weighted by Crippen LogP contribution is -2.31. The van der Waals surface area contributed by atoms with Crippen LogP contribution in [0.5, 0.6) is 11.5 Å². The molecule has 0 unspecified atom stereocenters. The molecule has 0 spiro atoms. The number of hydrogen-bond acceptors (Lipinski definition) is 7. The van der Waals surface area contributed by atoms with E-state index in [0.29, 0.717) is 57.8 Å². The van der Waals surface area contributed by atoms with Crippen LogP contribution in [0, 0.1) is 0 Å². The number of pyridine rings is 1. The topological polar surface area (TPSA) is 114 Å². The number of methoxy groups -OCH3 is 1. The Morgan fingerprint density at radius 2 is 2.09 bits per heavy atom. The van der Waals surface area contributed by atoms with Crippen LogP contribution >= 0.6 is 11.6 Å². The van der Waals surface area contributed by atoms with E-state index in [1.807, 2.05) is 24.3 Å². The van der Waals surface area contributed by atoms with Gasteiger partial charge in [0.05, 0.1) is 41.0 Å². The molecule has 1 aliphatic heterocycles. The minimum atomic E-state index is -0.164. The number of halogens is 1. The molecule has 0 atom stereocenters. The molecule has 0 fully saturated rings. The lowest BCUT2D eigenvalue weighted by atomic mass is 10.0. The van der Waals surface area contributed by atoms with Gasteiger partial charge in [0.1, 0.15) is 18.1 Å². The van der Waals surface area contributed by atoms with Gasteiger partial charge >= 0.3 is 0 Å². The predicted octanol–water partition coefficient (Wildman–Crippen LogP) is 4.14. The molecule has 0 aliphatic carbocycles. The van der Waals surface area contributed by atoms with Crippen molar-refractivity contribution in [2.24, 2.45) is 0 Å². The molecule has 1 aliphatic rings. The Morgan fingerprint density at radius 3 is 2.91 bits per heavy atom. The number of nitrogens with zero attached hydrogens (tertiary/aromatic N) is 3. The zero-order valence-corrected chi connectivity index (χ0v) is 19.0. The third kappa shape index (κ3) is 4.13. The SMILES string of the molecule is COc1c(Cl)cccc1Nc1c(-c2ccncc2OCc2cccnn2)[nH]c2c1C(=O)NCC2. The first kappa shape index (κ1) is 21.7. The standard InChI is InChI=1S/C24H21ClN6O3/c1-33-23-16(25)5-2-6-18(23)30-22-20-17(8-11-27-24(20)32)29-21(22)15-7-10-26-12-19(15)34-13-14-4-3-9-28-31-14/h2-7,9-10,12,29-30H,8,11,13H2,1H3,(H,27,32). The molecule has 34 heavy (non-hydrogen) atoms. The Morgan fingerprint density at radius 1 is 1.18 bits per heavy atom. The zero-order chi connectivity index (χ0) is 23.5. The van der Waals surface area contributed by atoms with Gasteiger partial charge in [-0.1, -0.05) is 17.7 Å². The van der Waals surface area contributed by atoms with Crippen LogP contribution in [0.3, 0.4) is 0 Å². The van der Waals surface area contributed by atoms with Gasteiger partial charge in [-0.25, -0.2) is 0 Å². The van der Waals surface area contributed by atoms with Crippen molar-refractivity contribution in [2.75, 3.05) is 19.0 Å². The summed E-state index contributed by atoms with van der Waals surface area (Å²) in [5.41, 5.74) is 4.73. The molecule has 4 aromatic rings. The van der Waals surface area contributed by atoms with E-state index < -0.39 is 0 Å². The zero-order valence-electron chi connectivity index (χ0n) is 18.3. The summed E-state index contributed by atoms with van der Waals surface area (Å²) in [5.74, 6) is 0.853. The Balaban J connectivity index is 1.59. The maximum atomic E-state index is 12.9. The summed E-state index contributed by atoms with van der Waals surface area (Å²) in [5, 5.41) is 14.7. The Bertz CT molecular complexity index is 1340. The molecule has 9 nitrogen and oxygen atoms in total. The van der Waals surface area contributed by atoms with Crippen LogP contribution in [0.1, 0.15) is 21.7 Å². The quantitative estimate of drug-likeness (QED) is 0.367. The van der Waals surface area contributed by atoms with E-state index in [1.165, 1.54) is 0 Å². The van der Waals surface area contributed by atoms with Gasteiger partial charge in [-0.05, 0) is 30.3 Å². The third-order valence-corrected chi connectivity index (χ3v) is 5.75. The summed E-state index contributed by atoms with van der Waals surface area (Å²) in [4.78, 5) is 20.5. The van der Waals surface area contributed by atoms with E-state index in [-0.39, 0.29) is 12.5 Å². The van der Waals surface area contributed by atoms with E-state index in [4.69, 9.17) is 21.1 Å². The summed E-state index contributed by atoms with van der Waals surface area (Å²) >= 11 is 6.33. The molecule has 172 valence electrons. The molecular weight excluding hydrogens is 456 g/mol. The average molecular weight is 477 g/mol. The van der Waals surface area contributed by atoms with E-state index in [1.54, 1.807) is 37.8 Å². The molecule has 10 heteroatoms. The average Bonchev–Trinajstić information content (AvgIpc) is 3.23. The van der Waals surface area contributed by atoms with Crippen molar-refractivity contribution in [3.8, 4) is 22.8 Å². The number of amides is 1. The Kier molecular flexibility index (Phi) is 6.01. The number of para-hydroxylation sites is 1. The molecule has 0 saturated carbocycles. The number of aromatic nitrogens is 4. The second kappa shape index (κ2) is 9.40. The van der Waals surface area contributed by atoms with Gasteiger partial charge in [0, 0.05) is 36.6 Å². The number of H-pyrrole nitrogens is 1. The molecule has 0 radical (unpaired) electrons. The van der Waals surface area contributed by atoms with Crippen LogP contribution < -0.4 is 20.1 Å². The largest absolute Gasteiger partial charge is 0.493 e. The van der Waals surface area contributed by atoms with E-state index in [2.05, 4.69) is 30.8 Å². The maximum Gasteiger partial charge on any atom is 0.255 e. The van der Waals surface area contributed by atoms with E-state index >= 15 is 0 Å². The van der Waals surface area contributed by atoms with Gasteiger partial charge in [-0.2, -0.15) is 10.2 Å². The summed E-state index contributed by atoms with van der Waals surface area (Å²) < 4.78 is 11.5. The van der Waals surface area contributed by atoms with Crippen molar-refractivity contribution in [3.63, 3.8) is 0 Å². The highest BCUT2D eigenvalue weighted by Crippen LogP contribution is 2.42. The highest BCUT2D eigenvalue weighted by molar-refractivity contribution is 6.32. The predicted molar refractivity (Wildman–Crippen MR) is 128 cm³/mol. The van der Waals surface area contributed by atoms with Crippen molar-refractivity contribution in [3.05, 3.63) is 77.0 Å². The summed E-state index contributed by atoms with van der Waals surface area (Å²) in [6.45, 7) is 0.774. The number of carbonyl (C=O) groups is 1. The van der Waals surface area contributed by atoms with Crippen LogP contribution in [0.15, 0.2) is 55.0 Å². The minimum Gasteiger partial charge on any atom is -0.493 e. The Hall–Kier alpha value is -4.11. The number of aromatic amines is 1. The van der Waals surface area contributed by atoms with Gasteiger partial charge < -0.3 is 25.1 Å². The number of fused-ring (bicyclic) bond motifs is 1. The molecule has 0 saturated heterocycles.